The molecule has 1 aromatic rings. The van der Waals surface area contributed by atoms with Crippen LogP contribution in [-0.4, -0.2) is 5.91 Å². The normalized spacial score (nSPS) is 36.3. The molecule has 0 radical (unpaired) electrons. The number of aryl methyl sites for hydroxylation is 1. The predicted molar refractivity (Wildman–Crippen MR) is 73.3 cm³/mol. The number of hydrogen-bond donors (Lipinski definition) is 1. The van der Waals surface area contributed by atoms with Crippen molar-refractivity contribution in [2.75, 3.05) is 0 Å². The van der Waals surface area contributed by atoms with Gasteiger partial charge in [0, 0.05) is 11.9 Å². The van der Waals surface area contributed by atoms with E-state index in [1.54, 1.807) is 13.0 Å². The number of hydrogen-bond acceptors (Lipinski definition) is 1. The SMILES string of the molecule is [2H]c1c(Cl)c(C)cc2c1C1=C(C2)C([2H])(C(N)=O)C([2H])([2H])C([2H])([2H])C1. The molecule has 2 N–H and O–H groups in total. The van der Waals surface area contributed by atoms with Gasteiger partial charge in [-0.25, -0.2) is 0 Å². The Morgan fingerprint density at radius 1 is 1.72 bits per heavy atom. The predicted octanol–water partition coefficient (Wildman–Crippen LogP) is 3.24. The summed E-state index contributed by atoms with van der Waals surface area (Å²) in [5, 5.41) is 0.228. The molecule has 0 bridgehead atoms. The van der Waals surface area contributed by atoms with E-state index in [9.17, 15) is 4.79 Å². The van der Waals surface area contributed by atoms with Crippen LogP contribution < -0.4 is 5.73 Å². The molecule has 94 valence electrons. The van der Waals surface area contributed by atoms with Crippen molar-refractivity contribution in [1.29, 1.82) is 0 Å². The molecule has 1 aromatic carbocycles. The van der Waals surface area contributed by atoms with Gasteiger partial charge in [-0.05, 0) is 66.4 Å². The number of halogens is 1. The van der Waals surface area contributed by atoms with Crippen LogP contribution in [0.25, 0.3) is 5.57 Å². The molecule has 1 unspecified atom stereocenters. The Morgan fingerprint density at radius 3 is 3.22 bits per heavy atom. The van der Waals surface area contributed by atoms with Gasteiger partial charge in [0.15, 0.2) is 0 Å². The van der Waals surface area contributed by atoms with Gasteiger partial charge in [0.2, 0.25) is 5.91 Å². The van der Waals surface area contributed by atoms with E-state index in [4.69, 9.17) is 25.6 Å². The Labute approximate surface area is 120 Å². The summed E-state index contributed by atoms with van der Waals surface area (Å²) in [7, 11) is 0. The quantitative estimate of drug-likeness (QED) is 0.834. The molecule has 0 saturated heterocycles. The van der Waals surface area contributed by atoms with Crippen LogP contribution in [0.4, 0.5) is 0 Å². The summed E-state index contributed by atoms with van der Waals surface area (Å²) in [5.41, 5.74) is 7.52. The summed E-state index contributed by atoms with van der Waals surface area (Å²) >= 11 is 6.14. The van der Waals surface area contributed by atoms with Crippen molar-refractivity contribution >= 4 is 23.1 Å². The summed E-state index contributed by atoms with van der Waals surface area (Å²) in [6.45, 7) is 1.73. The maximum Gasteiger partial charge on any atom is 0.224 e. The lowest BCUT2D eigenvalue weighted by Gasteiger charge is -2.22. The minimum absolute atomic E-state index is 0.0155. The van der Waals surface area contributed by atoms with Gasteiger partial charge in [0.05, 0.1) is 7.26 Å². The van der Waals surface area contributed by atoms with E-state index in [1.165, 1.54) is 0 Å². The maximum absolute atomic E-state index is 12.0. The van der Waals surface area contributed by atoms with Crippen molar-refractivity contribution in [3.63, 3.8) is 0 Å². The first kappa shape index (κ1) is 6.76. The van der Waals surface area contributed by atoms with E-state index >= 15 is 0 Å². The second kappa shape index (κ2) is 4.13. The van der Waals surface area contributed by atoms with Crippen molar-refractivity contribution in [3.05, 3.63) is 39.4 Å². The summed E-state index contributed by atoms with van der Waals surface area (Å²) in [6, 6.07) is 1.75. The van der Waals surface area contributed by atoms with Crippen LogP contribution in [0.3, 0.4) is 0 Å². The number of rotatable bonds is 1. The topological polar surface area (TPSA) is 43.1 Å². The Morgan fingerprint density at radius 2 is 2.50 bits per heavy atom. The molecule has 2 nitrogen and oxygen atoms in total. The summed E-state index contributed by atoms with van der Waals surface area (Å²) < 4.78 is 49.1. The van der Waals surface area contributed by atoms with Crippen LogP contribution in [0.5, 0.6) is 0 Å². The minimum Gasteiger partial charge on any atom is -0.369 e. The van der Waals surface area contributed by atoms with Crippen molar-refractivity contribution < 1.29 is 13.0 Å². The standard InChI is InChI=1S/C15H16ClNO/c1-8-5-9-6-13-10(12(9)7-14(8)16)3-2-4-11(13)15(17)18/h5,7,11H,2-4,6H2,1H3,(H2,17,18)/i2D2,4D2,7D,11D. The molecular weight excluding hydrogens is 246 g/mol. The fourth-order valence-corrected chi connectivity index (χ4v) is 2.63. The molecule has 0 saturated carbocycles. The number of allylic oxidation sites excluding steroid dienone is 1. The summed E-state index contributed by atoms with van der Waals surface area (Å²) in [5.74, 6) is -3.76. The molecule has 2 aliphatic rings. The third-order valence-corrected chi connectivity index (χ3v) is 3.75. The van der Waals surface area contributed by atoms with Gasteiger partial charge in [0.1, 0.15) is 0 Å². The van der Waals surface area contributed by atoms with E-state index < -0.39 is 24.5 Å². The lowest BCUT2D eigenvalue weighted by atomic mass is 9.82. The van der Waals surface area contributed by atoms with E-state index in [0.29, 0.717) is 22.3 Å². The van der Waals surface area contributed by atoms with Crippen molar-refractivity contribution in [1.82, 2.24) is 0 Å². The lowest BCUT2D eigenvalue weighted by molar-refractivity contribution is -0.121. The number of primary amides is 1. The molecule has 2 aliphatic carbocycles. The number of nitrogens with two attached hydrogens (primary N) is 1. The molecule has 3 rings (SSSR count). The van der Waals surface area contributed by atoms with Gasteiger partial charge in [-0.3, -0.25) is 4.79 Å². The Hall–Kier alpha value is -1.28. The van der Waals surface area contributed by atoms with Crippen LogP contribution in [0, 0.1) is 12.8 Å². The van der Waals surface area contributed by atoms with Crippen molar-refractivity contribution in [2.45, 2.75) is 32.5 Å². The highest BCUT2D eigenvalue weighted by Gasteiger charge is 2.33. The summed E-state index contributed by atoms with van der Waals surface area (Å²) in [4.78, 5) is 12.0. The number of carbonyl (C=O) groups excluding carboxylic acids is 1. The van der Waals surface area contributed by atoms with Gasteiger partial charge >= 0.3 is 0 Å². The third-order valence-electron chi connectivity index (χ3n) is 3.35. The molecule has 0 aromatic heterocycles. The van der Waals surface area contributed by atoms with Gasteiger partial charge in [-0.15, -0.1) is 0 Å². The van der Waals surface area contributed by atoms with Crippen LogP contribution in [0.15, 0.2) is 17.7 Å². The van der Waals surface area contributed by atoms with Gasteiger partial charge in [-0.1, -0.05) is 17.7 Å². The zero-order valence-electron chi connectivity index (χ0n) is 15.9. The highest BCUT2D eigenvalue weighted by atomic mass is 35.5. The number of fused-ring (bicyclic) bond motifs is 2. The van der Waals surface area contributed by atoms with Crippen molar-refractivity contribution in [2.24, 2.45) is 11.6 Å². The van der Waals surface area contributed by atoms with Crippen LogP contribution in [0.2, 0.25) is 5.02 Å². The Balaban J connectivity index is 2.35. The molecule has 3 heteroatoms. The van der Waals surface area contributed by atoms with Gasteiger partial charge in [0.25, 0.3) is 0 Å². The second-order valence-corrected chi connectivity index (χ2v) is 4.90. The number of carbonyl (C=O) groups is 1. The Kier molecular flexibility index (Phi) is 1.55. The molecular formula is C15H16ClNO. The van der Waals surface area contributed by atoms with Gasteiger partial charge in [-0.2, -0.15) is 0 Å². The van der Waals surface area contributed by atoms with Crippen LogP contribution >= 0.6 is 11.6 Å². The number of benzene rings is 1. The van der Waals surface area contributed by atoms with Crippen LogP contribution in [0.1, 0.15) is 44.1 Å². The molecule has 1 atom stereocenters. The third kappa shape index (κ3) is 1.67. The smallest absolute Gasteiger partial charge is 0.224 e. The second-order valence-electron chi connectivity index (χ2n) is 4.52. The molecule has 0 fully saturated rings. The average molecular weight is 268 g/mol. The van der Waals surface area contributed by atoms with Gasteiger partial charge < -0.3 is 5.73 Å². The first-order valence-electron chi connectivity index (χ1n) is 8.67. The molecule has 0 spiro atoms. The minimum atomic E-state index is -2.78. The first-order chi connectivity index (χ1) is 10.9. The maximum atomic E-state index is 12.0. The average Bonchev–Trinajstić information content (AvgIpc) is 2.80. The lowest BCUT2D eigenvalue weighted by Crippen LogP contribution is -2.27. The van der Waals surface area contributed by atoms with E-state index in [2.05, 4.69) is 0 Å². The largest absolute Gasteiger partial charge is 0.369 e. The molecule has 0 aliphatic heterocycles. The zero-order chi connectivity index (χ0) is 18.2. The highest BCUT2D eigenvalue weighted by molar-refractivity contribution is 6.31. The van der Waals surface area contributed by atoms with E-state index in [1.807, 2.05) is 0 Å². The zero-order valence-corrected chi connectivity index (χ0v) is 10.6. The van der Waals surface area contributed by atoms with E-state index in [0.717, 1.165) is 0 Å². The fraction of sp³-hybridized carbons (Fsp3) is 0.400. The van der Waals surface area contributed by atoms with Crippen molar-refractivity contribution in [3.8, 4) is 0 Å². The number of amides is 1. The molecule has 18 heavy (non-hydrogen) atoms. The monoisotopic (exact) mass is 267 g/mol. The van der Waals surface area contributed by atoms with E-state index in [-0.39, 0.29) is 29.5 Å². The first-order valence-corrected chi connectivity index (χ1v) is 6.05. The van der Waals surface area contributed by atoms with Crippen LogP contribution in [-0.2, 0) is 11.2 Å². The molecule has 1 amide bonds. The summed E-state index contributed by atoms with van der Waals surface area (Å²) in [6.07, 6.45) is -5.50. The molecule has 0 heterocycles. The highest BCUT2D eigenvalue weighted by Crippen LogP contribution is 2.45. The Bertz CT molecular complexity index is 819. The fourth-order valence-electron chi connectivity index (χ4n) is 2.48.